The molecule has 2 aromatic carbocycles. The maximum Gasteiger partial charge on any atom is 0.241 e. The summed E-state index contributed by atoms with van der Waals surface area (Å²) in [5, 5.41) is 25.3. The number of nitrogens with one attached hydrogen (secondary N) is 1. The Kier molecular flexibility index (Phi) is 12.7. The van der Waals surface area contributed by atoms with Crippen LogP contribution in [0.25, 0.3) is 0 Å². The highest BCUT2D eigenvalue weighted by Gasteiger charge is 2.32. The quantitative estimate of drug-likeness (QED) is 0.134. The Morgan fingerprint density at radius 1 is 0.765 bits per heavy atom. The number of aromatic hydroxyl groups is 2. The van der Waals surface area contributed by atoms with Crippen molar-refractivity contribution in [1.82, 2.24) is 25.1 Å². The van der Waals surface area contributed by atoms with Gasteiger partial charge in [-0.15, -0.1) is 0 Å². The topological polar surface area (TPSA) is 108 Å². The molecule has 2 fully saturated rings. The normalized spacial score (nSPS) is 16.3. The summed E-state index contributed by atoms with van der Waals surface area (Å²) in [6.07, 6.45) is 6.99. The summed E-state index contributed by atoms with van der Waals surface area (Å²) < 4.78 is 0. The molecule has 0 radical (unpaired) electrons. The van der Waals surface area contributed by atoms with Crippen LogP contribution in [0.2, 0.25) is 20.1 Å². The average Bonchev–Trinajstić information content (AvgIpc) is 3.10. The lowest BCUT2D eigenvalue weighted by atomic mass is 10.0. The van der Waals surface area contributed by atoms with E-state index in [-0.39, 0.29) is 17.4 Å². The molecule has 2 aromatic heterocycles. The minimum absolute atomic E-state index is 0.112. The Labute approximate surface area is 318 Å². The van der Waals surface area contributed by atoms with Gasteiger partial charge in [0.1, 0.15) is 17.5 Å². The summed E-state index contributed by atoms with van der Waals surface area (Å²) in [5.74, 6) is 0.266. The number of unbranched alkanes of at least 4 members (excludes halogenated alkanes) is 1. The van der Waals surface area contributed by atoms with Gasteiger partial charge in [0.2, 0.25) is 5.91 Å². The zero-order valence-electron chi connectivity index (χ0n) is 28.1. The molecule has 10 nitrogen and oxygen atoms in total. The van der Waals surface area contributed by atoms with Crippen LogP contribution in [-0.2, 0) is 17.8 Å². The summed E-state index contributed by atoms with van der Waals surface area (Å²) >= 11 is 26.4. The van der Waals surface area contributed by atoms with Crippen LogP contribution in [0.1, 0.15) is 35.7 Å². The second-order valence-corrected chi connectivity index (χ2v) is 14.5. The van der Waals surface area contributed by atoms with Crippen LogP contribution in [0.15, 0.2) is 67.1 Å². The monoisotopic (exact) mass is 771 g/mol. The van der Waals surface area contributed by atoms with Crippen LogP contribution in [-0.4, -0.2) is 94.8 Å². The number of pyridine rings is 2. The Morgan fingerprint density at radius 3 is 2.08 bits per heavy atom. The largest absolute Gasteiger partial charge is 0.508 e. The average molecular weight is 774 g/mol. The molecule has 1 amide bonds. The number of piperazine rings is 2. The van der Waals surface area contributed by atoms with E-state index in [2.05, 4.69) is 34.9 Å². The number of carbonyl (C=O) groups is 1. The van der Waals surface area contributed by atoms with Gasteiger partial charge in [-0.05, 0) is 54.7 Å². The van der Waals surface area contributed by atoms with E-state index in [1.165, 1.54) is 0 Å². The first-order valence-electron chi connectivity index (χ1n) is 17.1. The van der Waals surface area contributed by atoms with E-state index < -0.39 is 6.04 Å². The molecule has 1 atom stereocenters. The fourth-order valence-corrected chi connectivity index (χ4v) is 8.14. The van der Waals surface area contributed by atoms with Crippen molar-refractivity contribution in [2.45, 2.75) is 31.8 Å². The molecule has 51 heavy (non-hydrogen) atoms. The zero-order chi connectivity index (χ0) is 35.9. The van der Waals surface area contributed by atoms with Crippen molar-refractivity contribution in [2.75, 3.05) is 68.7 Å². The lowest BCUT2D eigenvalue weighted by Gasteiger charge is -2.40. The number of halogens is 4. The molecule has 14 heteroatoms. The molecular formula is C37H41Cl4N7O3. The Morgan fingerprint density at radius 2 is 1.39 bits per heavy atom. The molecule has 270 valence electrons. The minimum Gasteiger partial charge on any atom is -0.508 e. The van der Waals surface area contributed by atoms with E-state index in [0.717, 1.165) is 73.8 Å². The molecule has 2 saturated heterocycles. The van der Waals surface area contributed by atoms with Gasteiger partial charge in [-0.2, -0.15) is 0 Å². The molecular weight excluding hydrogens is 732 g/mol. The molecule has 0 bridgehead atoms. The molecule has 4 heterocycles. The summed E-state index contributed by atoms with van der Waals surface area (Å²) in [6, 6.07) is 13.7. The SMILES string of the molecule is O=C(NCCCCc1ncc(Cl)c(N2CCN(Cc3cccc(O)c3)CC2)c1Cl)C(c1cccc(O)c1)N1CCN(c2c(Cl)cncc2Cl)CC1. The van der Waals surface area contributed by atoms with Crippen LogP contribution in [0.4, 0.5) is 11.4 Å². The standard InChI is InChI=1S/C37H41Cl4N7O3/c38-29-21-42-22-30(39)35(29)47-17-15-46(16-18-47)34(26-6-4-8-28(50)20-26)37(51)43-10-2-1-9-32-33(41)36(31(40)23-44-32)48-13-11-45(12-14-48)24-25-5-3-7-27(49)19-25/h3-8,19-23,34,49-50H,1-2,9-18,24H2,(H,43,51). The Hall–Kier alpha value is -3.51. The van der Waals surface area contributed by atoms with Gasteiger partial charge >= 0.3 is 0 Å². The van der Waals surface area contributed by atoms with Crippen molar-refractivity contribution < 1.29 is 15.0 Å². The lowest BCUT2D eigenvalue weighted by Crippen LogP contribution is -2.51. The van der Waals surface area contributed by atoms with Crippen molar-refractivity contribution in [3.8, 4) is 11.5 Å². The number of nitrogens with zero attached hydrogens (tertiary/aromatic N) is 6. The number of anilines is 2. The molecule has 0 spiro atoms. The van der Waals surface area contributed by atoms with Crippen molar-refractivity contribution in [1.29, 1.82) is 0 Å². The third kappa shape index (κ3) is 9.30. The number of aryl methyl sites for hydroxylation is 1. The minimum atomic E-state index is -0.571. The highest BCUT2D eigenvalue weighted by atomic mass is 35.5. The van der Waals surface area contributed by atoms with Gasteiger partial charge in [0, 0.05) is 84.0 Å². The fourth-order valence-electron chi connectivity index (χ4n) is 6.86. The van der Waals surface area contributed by atoms with E-state index >= 15 is 0 Å². The zero-order valence-corrected chi connectivity index (χ0v) is 31.1. The van der Waals surface area contributed by atoms with Crippen molar-refractivity contribution in [2.24, 2.45) is 0 Å². The number of amides is 1. The number of hydrogen-bond donors (Lipinski definition) is 3. The van der Waals surface area contributed by atoms with Crippen LogP contribution in [0.5, 0.6) is 11.5 Å². The number of phenols is 2. The predicted molar refractivity (Wildman–Crippen MR) is 205 cm³/mol. The molecule has 6 rings (SSSR count). The second kappa shape index (κ2) is 17.3. The van der Waals surface area contributed by atoms with E-state index in [4.69, 9.17) is 46.4 Å². The molecule has 0 aliphatic carbocycles. The lowest BCUT2D eigenvalue weighted by molar-refractivity contribution is -0.126. The van der Waals surface area contributed by atoms with Gasteiger partial charge < -0.3 is 25.3 Å². The van der Waals surface area contributed by atoms with Crippen molar-refractivity contribution in [3.63, 3.8) is 0 Å². The molecule has 1 unspecified atom stereocenters. The highest BCUT2D eigenvalue weighted by Crippen LogP contribution is 2.37. The van der Waals surface area contributed by atoms with Gasteiger partial charge in [0.25, 0.3) is 0 Å². The van der Waals surface area contributed by atoms with Crippen molar-refractivity contribution >= 4 is 63.7 Å². The first-order valence-corrected chi connectivity index (χ1v) is 18.6. The number of phenolic OH excluding ortho intramolecular Hbond substituents is 2. The number of hydrogen-bond acceptors (Lipinski definition) is 9. The number of benzene rings is 2. The first kappa shape index (κ1) is 37.3. The maximum atomic E-state index is 13.7. The first-order chi connectivity index (χ1) is 24.7. The number of carbonyl (C=O) groups excluding carboxylic acids is 1. The summed E-state index contributed by atoms with van der Waals surface area (Å²) in [7, 11) is 0. The van der Waals surface area contributed by atoms with E-state index in [1.54, 1.807) is 48.9 Å². The molecule has 3 N–H and O–H groups in total. The van der Waals surface area contributed by atoms with E-state index in [9.17, 15) is 15.0 Å². The fraction of sp³-hybridized carbons (Fsp3) is 0.378. The van der Waals surface area contributed by atoms with Gasteiger partial charge in [-0.25, -0.2) is 0 Å². The van der Waals surface area contributed by atoms with Gasteiger partial charge in [-0.3, -0.25) is 24.6 Å². The number of aromatic nitrogens is 2. The van der Waals surface area contributed by atoms with Gasteiger partial charge in [0.05, 0.1) is 37.2 Å². The smallest absolute Gasteiger partial charge is 0.241 e. The Balaban J connectivity index is 1.02. The third-order valence-corrected chi connectivity index (χ3v) is 10.7. The molecule has 0 saturated carbocycles. The summed E-state index contributed by atoms with van der Waals surface area (Å²) in [4.78, 5) is 31.1. The maximum absolute atomic E-state index is 13.7. The second-order valence-electron chi connectivity index (χ2n) is 12.9. The number of rotatable bonds is 12. The summed E-state index contributed by atoms with van der Waals surface area (Å²) in [5.41, 5.74) is 4.15. The van der Waals surface area contributed by atoms with Gasteiger partial charge in [-0.1, -0.05) is 70.7 Å². The molecule has 4 aromatic rings. The highest BCUT2D eigenvalue weighted by molar-refractivity contribution is 6.39. The van der Waals surface area contributed by atoms with E-state index in [0.29, 0.717) is 59.2 Å². The van der Waals surface area contributed by atoms with Crippen LogP contribution < -0.4 is 15.1 Å². The Bertz CT molecular complexity index is 1800. The summed E-state index contributed by atoms with van der Waals surface area (Å²) in [6.45, 7) is 6.91. The van der Waals surface area contributed by atoms with Crippen molar-refractivity contribution in [3.05, 3.63) is 104 Å². The van der Waals surface area contributed by atoms with Crippen LogP contribution >= 0.6 is 46.4 Å². The van der Waals surface area contributed by atoms with Gasteiger partial charge in [0.15, 0.2) is 0 Å². The van der Waals surface area contributed by atoms with Crippen LogP contribution in [0, 0.1) is 0 Å². The molecule has 2 aliphatic rings. The predicted octanol–water partition coefficient (Wildman–Crippen LogP) is 6.83. The molecule has 2 aliphatic heterocycles. The van der Waals surface area contributed by atoms with E-state index in [1.807, 2.05) is 18.2 Å². The third-order valence-electron chi connectivity index (χ3n) is 9.42. The van der Waals surface area contributed by atoms with Crippen LogP contribution in [0.3, 0.4) is 0 Å².